The summed E-state index contributed by atoms with van der Waals surface area (Å²) in [6.07, 6.45) is 4.59. The molecule has 1 heterocycles. The Bertz CT molecular complexity index is 657. The topological polar surface area (TPSA) is 60.0 Å². The van der Waals surface area contributed by atoms with Crippen LogP contribution in [0, 0.1) is 5.92 Å². The lowest BCUT2D eigenvalue weighted by atomic mass is 9.97. The number of aliphatic imine (C=N–C) groups is 1. The predicted molar refractivity (Wildman–Crippen MR) is 137 cm³/mol. The zero-order valence-corrected chi connectivity index (χ0v) is 21.4. The van der Waals surface area contributed by atoms with Crippen LogP contribution in [-0.2, 0) is 6.42 Å². The molecule has 1 aromatic rings. The van der Waals surface area contributed by atoms with E-state index in [1.165, 1.54) is 38.9 Å². The van der Waals surface area contributed by atoms with Gasteiger partial charge in [0, 0.05) is 39.3 Å². The van der Waals surface area contributed by atoms with E-state index < -0.39 is 0 Å². The summed E-state index contributed by atoms with van der Waals surface area (Å²) in [6, 6.07) is 7.88. The van der Waals surface area contributed by atoms with Gasteiger partial charge in [-0.2, -0.15) is 0 Å². The highest BCUT2D eigenvalue weighted by atomic mass is 127. The van der Waals surface area contributed by atoms with Gasteiger partial charge in [-0.05, 0) is 75.9 Å². The highest BCUT2D eigenvalue weighted by Gasteiger charge is 2.18. The van der Waals surface area contributed by atoms with Crippen molar-refractivity contribution in [1.82, 2.24) is 20.4 Å². The van der Waals surface area contributed by atoms with Crippen molar-refractivity contribution in [3.05, 3.63) is 35.4 Å². The van der Waals surface area contributed by atoms with E-state index >= 15 is 0 Å². The van der Waals surface area contributed by atoms with E-state index in [4.69, 9.17) is 4.99 Å². The number of likely N-dealkylation sites (tertiary alicyclic amines) is 1. The number of hydrogen-bond donors (Lipinski definition) is 2. The molecule has 1 aliphatic heterocycles. The summed E-state index contributed by atoms with van der Waals surface area (Å²) in [4.78, 5) is 21.1. The van der Waals surface area contributed by atoms with E-state index in [9.17, 15) is 4.79 Å². The number of nitrogens with one attached hydrogen (secondary N) is 2. The fraction of sp³-hybridized carbons (Fsp3) is 0.652. The van der Waals surface area contributed by atoms with Gasteiger partial charge in [-0.1, -0.05) is 19.1 Å². The van der Waals surface area contributed by atoms with Crippen molar-refractivity contribution in [2.45, 2.75) is 39.5 Å². The van der Waals surface area contributed by atoms with E-state index in [1.807, 2.05) is 18.2 Å². The molecular weight excluding hydrogens is 489 g/mol. The van der Waals surface area contributed by atoms with Crippen molar-refractivity contribution in [2.24, 2.45) is 10.9 Å². The molecule has 6 nitrogen and oxygen atoms in total. The van der Waals surface area contributed by atoms with Crippen LogP contribution in [0.2, 0.25) is 0 Å². The maximum atomic E-state index is 12.1. The van der Waals surface area contributed by atoms with Gasteiger partial charge in [-0.15, -0.1) is 24.0 Å². The van der Waals surface area contributed by atoms with Crippen LogP contribution < -0.4 is 10.6 Å². The molecule has 0 aromatic heterocycles. The fourth-order valence-electron chi connectivity index (χ4n) is 3.71. The summed E-state index contributed by atoms with van der Waals surface area (Å²) in [5, 5.41) is 6.79. The summed E-state index contributed by atoms with van der Waals surface area (Å²) in [5.74, 6) is 1.62. The second kappa shape index (κ2) is 14.6. The van der Waals surface area contributed by atoms with Crippen LogP contribution in [0.1, 0.15) is 49.0 Å². The molecule has 1 amide bonds. The average molecular weight is 530 g/mol. The smallest absolute Gasteiger partial charge is 0.253 e. The minimum atomic E-state index is 0. The molecule has 1 fully saturated rings. The van der Waals surface area contributed by atoms with Gasteiger partial charge in [-0.3, -0.25) is 9.79 Å². The summed E-state index contributed by atoms with van der Waals surface area (Å²) in [7, 11) is 3.56. The molecular formula is C23H40IN5O. The third kappa shape index (κ3) is 9.20. The number of guanidine groups is 1. The van der Waals surface area contributed by atoms with E-state index in [0.29, 0.717) is 5.92 Å². The zero-order valence-electron chi connectivity index (χ0n) is 19.1. The highest BCUT2D eigenvalue weighted by Crippen LogP contribution is 2.17. The van der Waals surface area contributed by atoms with Crippen LogP contribution in [0.25, 0.3) is 0 Å². The van der Waals surface area contributed by atoms with Crippen molar-refractivity contribution in [3.63, 3.8) is 0 Å². The molecule has 2 N–H and O–H groups in total. The van der Waals surface area contributed by atoms with Crippen molar-refractivity contribution in [3.8, 4) is 0 Å². The van der Waals surface area contributed by atoms with Gasteiger partial charge in [0.2, 0.25) is 0 Å². The SMILES string of the molecule is CCCN1CCC(CN=C(NCC)NCCc2cccc(C(=O)N(C)C)c2)CC1.I. The Balaban J connectivity index is 0.00000450. The van der Waals surface area contributed by atoms with Crippen LogP contribution in [0.15, 0.2) is 29.3 Å². The summed E-state index contributed by atoms with van der Waals surface area (Å²) < 4.78 is 0. The maximum absolute atomic E-state index is 12.1. The number of nitrogens with zero attached hydrogens (tertiary/aromatic N) is 3. The minimum Gasteiger partial charge on any atom is -0.357 e. The van der Waals surface area contributed by atoms with Crippen molar-refractivity contribution in [1.29, 1.82) is 0 Å². The van der Waals surface area contributed by atoms with Crippen molar-refractivity contribution in [2.75, 3.05) is 53.4 Å². The number of piperidine rings is 1. The number of benzene rings is 1. The molecule has 0 atom stereocenters. The molecule has 1 aliphatic rings. The molecule has 0 bridgehead atoms. The number of rotatable bonds is 9. The van der Waals surface area contributed by atoms with Crippen molar-refractivity contribution < 1.29 is 4.79 Å². The first-order valence-electron chi connectivity index (χ1n) is 11.1. The molecule has 0 radical (unpaired) electrons. The van der Waals surface area contributed by atoms with Gasteiger partial charge >= 0.3 is 0 Å². The second-order valence-electron chi connectivity index (χ2n) is 8.08. The monoisotopic (exact) mass is 529 g/mol. The third-order valence-corrected chi connectivity index (χ3v) is 5.39. The van der Waals surface area contributed by atoms with Gasteiger partial charge in [-0.25, -0.2) is 0 Å². The largest absolute Gasteiger partial charge is 0.357 e. The van der Waals surface area contributed by atoms with Crippen LogP contribution in [0.4, 0.5) is 0 Å². The molecule has 170 valence electrons. The number of amides is 1. The Labute approximate surface area is 199 Å². The lowest BCUT2D eigenvalue weighted by Crippen LogP contribution is -2.39. The summed E-state index contributed by atoms with van der Waals surface area (Å²) in [5.41, 5.74) is 1.90. The van der Waals surface area contributed by atoms with Crippen LogP contribution in [-0.4, -0.2) is 75.0 Å². The number of hydrogen-bond acceptors (Lipinski definition) is 3. The van der Waals surface area contributed by atoms with Crippen LogP contribution in [0.3, 0.4) is 0 Å². The van der Waals surface area contributed by atoms with Crippen LogP contribution in [0.5, 0.6) is 0 Å². The van der Waals surface area contributed by atoms with E-state index in [-0.39, 0.29) is 29.9 Å². The van der Waals surface area contributed by atoms with Gasteiger partial charge in [0.05, 0.1) is 0 Å². The van der Waals surface area contributed by atoms with Gasteiger partial charge < -0.3 is 20.4 Å². The first kappa shape index (κ1) is 26.7. The third-order valence-electron chi connectivity index (χ3n) is 5.39. The number of carbonyl (C=O) groups excluding carboxylic acids is 1. The minimum absolute atomic E-state index is 0. The molecule has 1 aromatic carbocycles. The lowest BCUT2D eigenvalue weighted by molar-refractivity contribution is 0.0827. The standard InChI is InChI=1S/C23H39N5O.HI/c1-5-14-28-15-11-20(12-16-28)18-26-23(24-6-2)25-13-10-19-8-7-9-21(17-19)22(29)27(3)4;/h7-9,17,20H,5-6,10-16,18H2,1-4H3,(H2,24,25,26);1H. The molecule has 0 unspecified atom stereocenters. The van der Waals surface area contributed by atoms with Crippen LogP contribution >= 0.6 is 24.0 Å². The van der Waals surface area contributed by atoms with Crippen molar-refractivity contribution >= 4 is 35.8 Å². The van der Waals surface area contributed by atoms with Gasteiger partial charge in [0.1, 0.15) is 0 Å². The number of halogens is 1. The Kier molecular flexibility index (Phi) is 13.0. The number of carbonyl (C=O) groups is 1. The normalized spacial score (nSPS) is 15.4. The maximum Gasteiger partial charge on any atom is 0.253 e. The lowest BCUT2D eigenvalue weighted by Gasteiger charge is -2.31. The Morgan fingerprint density at radius 2 is 1.93 bits per heavy atom. The average Bonchev–Trinajstić information content (AvgIpc) is 2.73. The van der Waals surface area contributed by atoms with E-state index in [2.05, 4.69) is 35.4 Å². The molecule has 1 saturated heterocycles. The molecule has 30 heavy (non-hydrogen) atoms. The Hall–Kier alpha value is -1.35. The first-order chi connectivity index (χ1) is 14.0. The highest BCUT2D eigenvalue weighted by molar-refractivity contribution is 14.0. The van der Waals surface area contributed by atoms with E-state index in [0.717, 1.165) is 43.1 Å². The first-order valence-corrected chi connectivity index (χ1v) is 11.1. The molecule has 2 rings (SSSR count). The second-order valence-corrected chi connectivity index (χ2v) is 8.08. The molecule has 0 spiro atoms. The fourth-order valence-corrected chi connectivity index (χ4v) is 3.71. The Morgan fingerprint density at radius 3 is 2.57 bits per heavy atom. The predicted octanol–water partition coefficient (Wildman–Crippen LogP) is 3.23. The molecule has 0 saturated carbocycles. The zero-order chi connectivity index (χ0) is 21.1. The molecule has 0 aliphatic carbocycles. The molecule has 7 heteroatoms. The van der Waals surface area contributed by atoms with Gasteiger partial charge in [0.25, 0.3) is 5.91 Å². The van der Waals surface area contributed by atoms with Gasteiger partial charge in [0.15, 0.2) is 5.96 Å². The Morgan fingerprint density at radius 1 is 1.20 bits per heavy atom. The quantitative estimate of drug-likeness (QED) is 0.293. The summed E-state index contributed by atoms with van der Waals surface area (Å²) in [6.45, 7) is 10.5. The summed E-state index contributed by atoms with van der Waals surface area (Å²) >= 11 is 0. The van der Waals surface area contributed by atoms with E-state index in [1.54, 1.807) is 19.0 Å².